The lowest BCUT2D eigenvalue weighted by Gasteiger charge is -2.45. The molecule has 1 aliphatic heterocycles. The van der Waals surface area contributed by atoms with Crippen molar-refractivity contribution in [2.45, 2.75) is 38.1 Å². The fourth-order valence-electron chi connectivity index (χ4n) is 3.70. The van der Waals surface area contributed by atoms with Crippen LogP contribution in [0.25, 0.3) is 0 Å². The number of aliphatic hydroxyl groups excluding tert-OH is 1. The van der Waals surface area contributed by atoms with Crippen LogP contribution in [0.15, 0.2) is 30.3 Å². The molecule has 2 rings (SSSR count). The predicted octanol–water partition coefficient (Wildman–Crippen LogP) is 2.89. The van der Waals surface area contributed by atoms with Gasteiger partial charge in [-0.15, -0.1) is 0 Å². The summed E-state index contributed by atoms with van der Waals surface area (Å²) < 4.78 is 0.925. The molecule has 1 aliphatic rings. The Morgan fingerprint density at radius 3 is 2.62 bits per heavy atom. The van der Waals surface area contributed by atoms with Gasteiger partial charge in [0.1, 0.15) is 0 Å². The molecular weight excluding hydrogens is 262 g/mol. The Morgan fingerprint density at radius 2 is 2.00 bits per heavy atom. The number of piperidine rings is 1. The molecule has 0 saturated carbocycles. The Bertz CT molecular complexity index is 456. The SMILES string of the molecule is C[N+]1(C)CCCCC1C(CCCO)C(=O)c1ccccc1. The van der Waals surface area contributed by atoms with Crippen LogP contribution in [0, 0.1) is 5.92 Å². The Morgan fingerprint density at radius 1 is 1.29 bits per heavy atom. The minimum absolute atomic E-state index is 0.0230. The molecule has 1 heterocycles. The number of likely N-dealkylation sites (tertiary alicyclic amines) is 1. The van der Waals surface area contributed by atoms with Crippen LogP contribution in [0.2, 0.25) is 0 Å². The smallest absolute Gasteiger partial charge is 0.171 e. The quantitative estimate of drug-likeness (QED) is 0.646. The number of nitrogens with zero attached hydrogens (tertiary/aromatic N) is 1. The van der Waals surface area contributed by atoms with E-state index in [4.69, 9.17) is 0 Å². The number of ketones is 1. The first-order valence-electron chi connectivity index (χ1n) is 8.09. The van der Waals surface area contributed by atoms with Crippen LogP contribution in [0.5, 0.6) is 0 Å². The molecule has 2 unspecified atom stereocenters. The van der Waals surface area contributed by atoms with Gasteiger partial charge in [-0.25, -0.2) is 0 Å². The van der Waals surface area contributed by atoms with Crippen LogP contribution in [-0.2, 0) is 0 Å². The van der Waals surface area contributed by atoms with Gasteiger partial charge in [0.05, 0.1) is 32.6 Å². The number of aliphatic hydroxyl groups is 1. The van der Waals surface area contributed by atoms with Crippen molar-refractivity contribution in [2.75, 3.05) is 27.2 Å². The minimum atomic E-state index is 0.0230. The second-order valence-corrected chi connectivity index (χ2v) is 6.77. The third kappa shape index (κ3) is 3.92. The number of Topliss-reactive ketones (excluding diaryl/α,β-unsaturated/α-hetero) is 1. The normalized spacial score (nSPS) is 22.7. The van der Waals surface area contributed by atoms with Crippen molar-refractivity contribution in [3.8, 4) is 0 Å². The summed E-state index contributed by atoms with van der Waals surface area (Å²) in [5, 5.41) is 9.18. The van der Waals surface area contributed by atoms with Gasteiger partial charge in [0.2, 0.25) is 0 Å². The van der Waals surface area contributed by atoms with Gasteiger partial charge in [0.15, 0.2) is 5.78 Å². The maximum atomic E-state index is 12.9. The summed E-state index contributed by atoms with van der Waals surface area (Å²) in [4.78, 5) is 12.9. The fourth-order valence-corrected chi connectivity index (χ4v) is 3.70. The predicted molar refractivity (Wildman–Crippen MR) is 85.2 cm³/mol. The molecule has 3 nitrogen and oxygen atoms in total. The van der Waals surface area contributed by atoms with Gasteiger partial charge in [-0.1, -0.05) is 30.3 Å². The van der Waals surface area contributed by atoms with Crippen LogP contribution in [0.4, 0.5) is 0 Å². The number of rotatable bonds is 6. The summed E-state index contributed by atoms with van der Waals surface area (Å²) in [7, 11) is 4.49. The number of hydrogen-bond acceptors (Lipinski definition) is 2. The van der Waals surface area contributed by atoms with Gasteiger partial charge in [0.25, 0.3) is 0 Å². The molecule has 0 spiro atoms. The molecule has 0 aliphatic carbocycles. The summed E-state index contributed by atoms with van der Waals surface area (Å²) in [5.41, 5.74) is 0.811. The van der Waals surface area contributed by atoms with Gasteiger partial charge in [-0.3, -0.25) is 4.79 Å². The zero-order valence-electron chi connectivity index (χ0n) is 13.3. The van der Waals surface area contributed by atoms with Gasteiger partial charge in [0, 0.05) is 18.6 Å². The first-order chi connectivity index (χ1) is 10.1. The van der Waals surface area contributed by atoms with E-state index in [9.17, 15) is 9.90 Å². The maximum Gasteiger partial charge on any atom is 0.171 e. The fraction of sp³-hybridized carbons (Fsp3) is 0.611. The van der Waals surface area contributed by atoms with Crippen molar-refractivity contribution < 1.29 is 14.4 Å². The maximum absolute atomic E-state index is 12.9. The molecule has 116 valence electrons. The number of carbonyl (C=O) groups excluding carboxylic acids is 1. The van der Waals surface area contributed by atoms with Crippen LogP contribution in [0.3, 0.4) is 0 Å². The van der Waals surface area contributed by atoms with E-state index < -0.39 is 0 Å². The molecule has 21 heavy (non-hydrogen) atoms. The molecule has 0 radical (unpaired) electrons. The number of carbonyl (C=O) groups is 1. The number of hydrogen-bond donors (Lipinski definition) is 1. The van der Waals surface area contributed by atoms with Gasteiger partial charge >= 0.3 is 0 Å². The van der Waals surface area contributed by atoms with Crippen molar-refractivity contribution in [1.82, 2.24) is 0 Å². The highest BCUT2D eigenvalue weighted by atomic mass is 16.3. The largest absolute Gasteiger partial charge is 0.396 e. The van der Waals surface area contributed by atoms with Crippen LogP contribution < -0.4 is 0 Å². The molecule has 3 heteroatoms. The first-order valence-corrected chi connectivity index (χ1v) is 8.09. The molecule has 2 atom stereocenters. The number of quaternary nitrogens is 1. The Kier molecular flexibility index (Phi) is 5.54. The highest BCUT2D eigenvalue weighted by molar-refractivity contribution is 5.98. The summed E-state index contributed by atoms with van der Waals surface area (Å²) in [6.45, 7) is 1.31. The van der Waals surface area contributed by atoms with Crippen molar-refractivity contribution in [3.05, 3.63) is 35.9 Å². The van der Waals surface area contributed by atoms with E-state index >= 15 is 0 Å². The van der Waals surface area contributed by atoms with E-state index in [1.54, 1.807) is 0 Å². The van der Waals surface area contributed by atoms with E-state index in [2.05, 4.69) is 14.1 Å². The van der Waals surface area contributed by atoms with E-state index in [0.717, 1.165) is 29.4 Å². The highest BCUT2D eigenvalue weighted by Crippen LogP contribution is 2.32. The third-order valence-electron chi connectivity index (χ3n) is 4.91. The molecule has 0 amide bonds. The molecule has 1 fully saturated rings. The minimum Gasteiger partial charge on any atom is -0.396 e. The molecule has 1 aromatic rings. The van der Waals surface area contributed by atoms with Gasteiger partial charge in [-0.2, -0.15) is 0 Å². The zero-order chi connectivity index (χ0) is 15.3. The molecule has 1 N–H and O–H groups in total. The topological polar surface area (TPSA) is 37.3 Å². The van der Waals surface area contributed by atoms with Crippen molar-refractivity contribution in [3.63, 3.8) is 0 Å². The summed E-state index contributed by atoms with van der Waals surface area (Å²) in [5.74, 6) is 0.275. The Hall–Kier alpha value is -1.19. The zero-order valence-corrected chi connectivity index (χ0v) is 13.3. The van der Waals surface area contributed by atoms with E-state index in [1.165, 1.54) is 12.8 Å². The lowest BCUT2D eigenvalue weighted by molar-refractivity contribution is -0.922. The Labute approximate surface area is 128 Å². The third-order valence-corrected chi connectivity index (χ3v) is 4.91. The van der Waals surface area contributed by atoms with Gasteiger partial charge in [-0.05, 0) is 25.7 Å². The van der Waals surface area contributed by atoms with Crippen molar-refractivity contribution in [1.29, 1.82) is 0 Å². The molecule has 1 aromatic carbocycles. The monoisotopic (exact) mass is 290 g/mol. The van der Waals surface area contributed by atoms with Crippen LogP contribution in [-0.4, -0.2) is 48.7 Å². The molecule has 0 bridgehead atoms. The summed E-state index contributed by atoms with van der Waals surface area (Å²) >= 11 is 0. The van der Waals surface area contributed by atoms with Crippen molar-refractivity contribution >= 4 is 5.78 Å². The van der Waals surface area contributed by atoms with E-state index in [-0.39, 0.29) is 18.3 Å². The Balaban J connectivity index is 2.23. The second-order valence-electron chi connectivity index (χ2n) is 6.77. The van der Waals surface area contributed by atoms with Crippen LogP contribution >= 0.6 is 0 Å². The lowest BCUT2D eigenvalue weighted by atomic mass is 9.81. The first kappa shape index (κ1) is 16.2. The van der Waals surface area contributed by atoms with E-state index in [1.807, 2.05) is 30.3 Å². The van der Waals surface area contributed by atoms with Crippen LogP contribution in [0.1, 0.15) is 42.5 Å². The standard InChI is InChI=1S/C18H28NO2/c1-19(2)13-7-6-12-17(19)16(11-8-14-20)18(21)15-9-4-3-5-10-15/h3-5,9-10,16-17,20H,6-8,11-14H2,1-2H3/q+1. The average molecular weight is 290 g/mol. The number of benzene rings is 1. The second kappa shape index (κ2) is 7.19. The lowest BCUT2D eigenvalue weighted by Crippen LogP contribution is -2.56. The molecular formula is C18H28NO2+. The van der Waals surface area contributed by atoms with Crippen molar-refractivity contribution in [2.24, 2.45) is 5.92 Å². The van der Waals surface area contributed by atoms with E-state index in [0.29, 0.717) is 12.5 Å². The average Bonchev–Trinajstić information content (AvgIpc) is 2.49. The molecule has 1 saturated heterocycles. The highest BCUT2D eigenvalue weighted by Gasteiger charge is 2.40. The van der Waals surface area contributed by atoms with Gasteiger partial charge < -0.3 is 9.59 Å². The molecule has 0 aromatic heterocycles. The summed E-state index contributed by atoms with van der Waals surface area (Å²) in [6.07, 6.45) is 5.07. The summed E-state index contributed by atoms with van der Waals surface area (Å²) in [6, 6.07) is 10.0.